The summed E-state index contributed by atoms with van der Waals surface area (Å²) in [6.45, 7) is 4.20. The summed E-state index contributed by atoms with van der Waals surface area (Å²) in [6.07, 6.45) is 10.7. The Bertz CT molecular complexity index is 1320. The molecule has 202 valence electrons. The molecule has 0 aliphatic heterocycles. The Kier molecular flexibility index (Phi) is 6.66. The zero-order valence-corrected chi connectivity index (χ0v) is 23.3. The van der Waals surface area contributed by atoms with Crippen LogP contribution in [0, 0.1) is 61.2 Å². The number of benzene rings is 2. The van der Waals surface area contributed by atoms with Crippen LogP contribution in [-0.4, -0.2) is 30.0 Å². The fraction of sp³-hybridized carbons (Fsp3) is 0.467. The fourth-order valence-electron chi connectivity index (χ4n) is 7.70. The molecule has 8 heteroatoms. The maximum Gasteiger partial charge on any atom is 0.296 e. The van der Waals surface area contributed by atoms with E-state index in [1.807, 2.05) is 13.8 Å². The molecule has 4 aliphatic rings. The van der Waals surface area contributed by atoms with E-state index in [2.05, 4.69) is 24.3 Å². The fourth-order valence-corrected chi connectivity index (χ4v) is 9.54. The average Bonchev–Trinajstić information content (AvgIpc) is 3.61. The van der Waals surface area contributed by atoms with Crippen LogP contribution in [0.2, 0.25) is 0 Å². The molecule has 4 aliphatic carbocycles. The lowest BCUT2D eigenvalue weighted by atomic mass is 9.81. The van der Waals surface area contributed by atoms with Crippen molar-refractivity contribution >= 4 is 20.2 Å². The predicted molar refractivity (Wildman–Crippen MR) is 144 cm³/mol. The molecule has 38 heavy (non-hydrogen) atoms. The summed E-state index contributed by atoms with van der Waals surface area (Å²) in [4.78, 5) is 0.394. The maximum atomic E-state index is 12.6. The smallest absolute Gasteiger partial charge is 0.266 e. The molecule has 2 fully saturated rings. The molecule has 0 aromatic heterocycles. The molecule has 6 nitrogen and oxygen atoms in total. The molecule has 4 unspecified atom stereocenters. The molecule has 2 aromatic carbocycles. The zero-order chi connectivity index (χ0) is 26.7. The van der Waals surface area contributed by atoms with Crippen LogP contribution in [-0.2, 0) is 28.6 Å². The Balaban J connectivity index is 1.07. The number of allylic oxidation sites excluding steroid dienone is 4. The highest BCUT2D eigenvalue weighted by Crippen LogP contribution is 2.68. The molecule has 0 heterocycles. The van der Waals surface area contributed by atoms with Crippen molar-refractivity contribution in [2.75, 3.05) is 13.2 Å². The van der Waals surface area contributed by atoms with E-state index >= 15 is 0 Å². The summed E-state index contributed by atoms with van der Waals surface area (Å²) >= 11 is 0. The van der Waals surface area contributed by atoms with Crippen LogP contribution in [0.15, 0.2) is 82.6 Å². The van der Waals surface area contributed by atoms with E-state index in [4.69, 9.17) is 8.37 Å². The number of hydrogen-bond donors (Lipinski definition) is 0. The Morgan fingerprint density at radius 3 is 1.18 bits per heavy atom. The molecule has 2 aromatic rings. The van der Waals surface area contributed by atoms with Crippen molar-refractivity contribution in [1.29, 1.82) is 0 Å². The van der Waals surface area contributed by atoms with Gasteiger partial charge in [0.15, 0.2) is 0 Å². The Morgan fingerprint density at radius 2 is 0.868 bits per heavy atom. The molecule has 0 radical (unpaired) electrons. The van der Waals surface area contributed by atoms with Gasteiger partial charge in [-0.1, -0.05) is 59.7 Å². The van der Waals surface area contributed by atoms with Crippen LogP contribution in [0.3, 0.4) is 0 Å². The molecule has 0 bridgehead atoms. The minimum Gasteiger partial charge on any atom is -0.266 e. The summed E-state index contributed by atoms with van der Waals surface area (Å²) in [5, 5.41) is 0. The Morgan fingerprint density at radius 1 is 0.553 bits per heavy atom. The summed E-state index contributed by atoms with van der Waals surface area (Å²) in [5.41, 5.74) is 2.01. The van der Waals surface area contributed by atoms with Gasteiger partial charge >= 0.3 is 0 Å². The van der Waals surface area contributed by atoms with Gasteiger partial charge < -0.3 is 0 Å². The van der Waals surface area contributed by atoms with Crippen molar-refractivity contribution < 1.29 is 25.2 Å². The van der Waals surface area contributed by atoms with E-state index in [0.29, 0.717) is 60.2 Å². The largest absolute Gasteiger partial charge is 0.296 e. The van der Waals surface area contributed by atoms with E-state index < -0.39 is 20.2 Å². The van der Waals surface area contributed by atoms with Crippen molar-refractivity contribution in [3.05, 3.63) is 84.0 Å². The summed E-state index contributed by atoms with van der Waals surface area (Å²) in [6, 6.07) is 13.5. The SMILES string of the molecule is Cc1ccc(S(=O)(=O)OCCC2[C@H]3C=C[C@H]4C(CCOS(=O)(=O)c5ccc(C)cc5)[C@H]5C=C[C@@H]2C5C34)cc1. The van der Waals surface area contributed by atoms with Gasteiger partial charge in [0.25, 0.3) is 20.2 Å². The van der Waals surface area contributed by atoms with Gasteiger partial charge in [0.2, 0.25) is 0 Å². The lowest BCUT2D eigenvalue weighted by Gasteiger charge is -2.25. The van der Waals surface area contributed by atoms with Crippen molar-refractivity contribution in [3.63, 3.8) is 0 Å². The van der Waals surface area contributed by atoms with Gasteiger partial charge in [-0.25, -0.2) is 0 Å². The molecule has 2 saturated carbocycles. The highest BCUT2D eigenvalue weighted by molar-refractivity contribution is 7.87. The first-order valence-electron chi connectivity index (χ1n) is 13.4. The van der Waals surface area contributed by atoms with E-state index in [1.165, 1.54) is 0 Å². The third-order valence-electron chi connectivity index (χ3n) is 9.31. The number of hydrogen-bond acceptors (Lipinski definition) is 6. The lowest BCUT2D eigenvalue weighted by molar-refractivity contribution is 0.211. The standard InChI is InChI=1S/C30H34O6S2/c1-19-3-7-21(8-4-19)37(31,32)35-17-15-23-25-11-13-27-24(28-14-12-26(23)30(28)29(25)27)16-18-36-38(33,34)22-9-5-20(2)6-10-22/h3-14,23-30H,15-18H2,1-2H3/t23?,24?,25-,26+,27+,28-,29?,30?. The van der Waals surface area contributed by atoms with Gasteiger partial charge in [-0.3, -0.25) is 8.37 Å². The van der Waals surface area contributed by atoms with Crippen LogP contribution >= 0.6 is 0 Å². The maximum absolute atomic E-state index is 12.6. The van der Waals surface area contributed by atoms with E-state index in [0.717, 1.165) is 11.1 Å². The second kappa shape index (κ2) is 9.73. The molecule has 8 atom stereocenters. The summed E-state index contributed by atoms with van der Waals surface area (Å²) in [5.74, 6) is 3.42. The lowest BCUT2D eigenvalue weighted by Crippen LogP contribution is -2.22. The van der Waals surface area contributed by atoms with Crippen molar-refractivity contribution in [1.82, 2.24) is 0 Å². The molecule has 0 saturated heterocycles. The van der Waals surface area contributed by atoms with E-state index in [-0.39, 0.29) is 23.0 Å². The zero-order valence-electron chi connectivity index (χ0n) is 21.6. The van der Waals surface area contributed by atoms with Crippen LogP contribution in [0.5, 0.6) is 0 Å². The first-order chi connectivity index (χ1) is 18.2. The van der Waals surface area contributed by atoms with Crippen molar-refractivity contribution in [2.45, 2.75) is 36.5 Å². The van der Waals surface area contributed by atoms with Crippen molar-refractivity contribution in [3.8, 4) is 0 Å². The van der Waals surface area contributed by atoms with Gasteiger partial charge in [-0.2, -0.15) is 16.8 Å². The van der Waals surface area contributed by atoms with Crippen LogP contribution in [0.4, 0.5) is 0 Å². The summed E-state index contributed by atoms with van der Waals surface area (Å²) < 4.78 is 61.5. The second-order valence-electron chi connectivity index (χ2n) is 11.3. The second-order valence-corrected chi connectivity index (χ2v) is 14.5. The first kappa shape index (κ1) is 26.0. The highest BCUT2D eigenvalue weighted by atomic mass is 32.2. The van der Waals surface area contributed by atoms with E-state index in [9.17, 15) is 16.8 Å². The molecule has 0 spiro atoms. The van der Waals surface area contributed by atoms with Crippen molar-refractivity contribution in [2.24, 2.45) is 47.3 Å². The first-order valence-corrected chi connectivity index (χ1v) is 16.3. The van der Waals surface area contributed by atoms with Gasteiger partial charge in [-0.15, -0.1) is 0 Å². The monoisotopic (exact) mass is 554 g/mol. The summed E-state index contributed by atoms with van der Waals surface area (Å²) in [7, 11) is -7.53. The highest BCUT2D eigenvalue weighted by Gasteiger charge is 2.63. The molecule has 0 amide bonds. The normalized spacial score (nSPS) is 32.8. The van der Waals surface area contributed by atoms with Crippen LogP contribution in [0.25, 0.3) is 0 Å². The van der Waals surface area contributed by atoms with Crippen LogP contribution < -0.4 is 0 Å². The van der Waals surface area contributed by atoms with Gasteiger partial charge in [0, 0.05) is 0 Å². The molecule has 0 N–H and O–H groups in total. The topological polar surface area (TPSA) is 86.7 Å². The Hall–Kier alpha value is -2.26. The molecule has 6 rings (SSSR count). The molecular weight excluding hydrogens is 520 g/mol. The van der Waals surface area contributed by atoms with E-state index in [1.54, 1.807) is 48.5 Å². The average molecular weight is 555 g/mol. The van der Waals surface area contributed by atoms with Gasteiger partial charge in [0.1, 0.15) is 0 Å². The van der Waals surface area contributed by atoms with Crippen LogP contribution in [0.1, 0.15) is 24.0 Å². The number of rotatable bonds is 10. The third kappa shape index (κ3) is 4.49. The quantitative estimate of drug-likeness (QED) is 0.293. The van der Waals surface area contributed by atoms with Gasteiger partial charge in [0.05, 0.1) is 23.0 Å². The molecular formula is C30H34O6S2. The number of aryl methyl sites for hydroxylation is 2. The van der Waals surface area contributed by atoms with Gasteiger partial charge in [-0.05, 0) is 98.3 Å². The minimum atomic E-state index is -3.77. The predicted octanol–water partition coefficient (Wildman–Crippen LogP) is 5.29. The third-order valence-corrected chi connectivity index (χ3v) is 12.0. The Labute approximate surface area is 226 Å². The minimum absolute atomic E-state index is 0.179.